The number of hydrogen-bond acceptors (Lipinski definition) is 4. The predicted octanol–water partition coefficient (Wildman–Crippen LogP) is 3.87. The number of halogens is 1. The molecule has 6 heteroatoms. The van der Waals surface area contributed by atoms with Crippen molar-refractivity contribution in [2.75, 3.05) is 38.0 Å². The lowest BCUT2D eigenvalue weighted by Crippen LogP contribution is -2.48. The number of hydrogen-bond donors (Lipinski definition) is 1. The maximum atomic E-state index is 12.8. The predicted molar refractivity (Wildman–Crippen MR) is 106 cm³/mol. The minimum absolute atomic E-state index is 0.0175. The summed E-state index contributed by atoms with van der Waals surface area (Å²) in [6.45, 7) is 10.5. The Bertz CT molecular complexity index is 777. The van der Waals surface area contributed by atoms with Gasteiger partial charge in [0.15, 0.2) is 0 Å². The summed E-state index contributed by atoms with van der Waals surface area (Å²) in [5, 5.41) is 4.00. The molecule has 0 saturated carbocycles. The molecule has 1 aromatic carbocycles. The van der Waals surface area contributed by atoms with Crippen molar-refractivity contribution in [3.05, 3.63) is 52.3 Å². The minimum atomic E-state index is -0.0175. The van der Waals surface area contributed by atoms with E-state index in [1.807, 2.05) is 30.9 Å². The van der Waals surface area contributed by atoms with Crippen LogP contribution in [0.1, 0.15) is 28.5 Å². The Balaban J connectivity index is 1.76. The van der Waals surface area contributed by atoms with Crippen LogP contribution >= 0.6 is 11.6 Å². The van der Waals surface area contributed by atoms with Gasteiger partial charge in [-0.15, -0.1) is 0 Å². The Morgan fingerprint density at radius 3 is 2.58 bits per heavy atom. The van der Waals surface area contributed by atoms with Gasteiger partial charge in [0.1, 0.15) is 5.69 Å². The van der Waals surface area contributed by atoms with E-state index >= 15 is 0 Å². The van der Waals surface area contributed by atoms with Gasteiger partial charge in [0.05, 0.1) is 10.7 Å². The maximum Gasteiger partial charge on any atom is 0.272 e. The van der Waals surface area contributed by atoms with Crippen LogP contribution in [0.2, 0.25) is 5.02 Å². The van der Waals surface area contributed by atoms with Gasteiger partial charge in [0.25, 0.3) is 5.91 Å². The van der Waals surface area contributed by atoms with E-state index in [0.29, 0.717) is 10.7 Å². The molecule has 1 saturated heterocycles. The average Bonchev–Trinajstić information content (AvgIpc) is 2.64. The molecular formula is C20H25ClN4O. The largest absolute Gasteiger partial charge is 0.354 e. The molecule has 0 unspecified atom stereocenters. The highest BCUT2D eigenvalue weighted by Crippen LogP contribution is 2.30. The number of nitrogens with zero attached hydrogens (tertiary/aromatic N) is 3. The molecule has 1 aliphatic rings. The summed E-state index contributed by atoms with van der Waals surface area (Å²) in [6, 6.07) is 7.65. The summed E-state index contributed by atoms with van der Waals surface area (Å²) in [4.78, 5) is 21.3. The number of anilines is 2. The van der Waals surface area contributed by atoms with Gasteiger partial charge in [0.2, 0.25) is 0 Å². The summed E-state index contributed by atoms with van der Waals surface area (Å²) < 4.78 is 0. The van der Waals surface area contributed by atoms with E-state index in [9.17, 15) is 4.79 Å². The fourth-order valence-electron chi connectivity index (χ4n) is 3.27. The van der Waals surface area contributed by atoms with Gasteiger partial charge < -0.3 is 15.1 Å². The van der Waals surface area contributed by atoms with Gasteiger partial charge in [-0.3, -0.25) is 9.78 Å². The lowest BCUT2D eigenvalue weighted by Gasteiger charge is -2.33. The van der Waals surface area contributed by atoms with Crippen LogP contribution in [-0.4, -0.2) is 53.4 Å². The molecule has 0 bridgehead atoms. The molecule has 1 aliphatic heterocycles. The van der Waals surface area contributed by atoms with E-state index in [1.165, 1.54) is 0 Å². The molecule has 1 aromatic heterocycles. The van der Waals surface area contributed by atoms with Crippen molar-refractivity contribution < 1.29 is 4.79 Å². The van der Waals surface area contributed by atoms with Crippen LogP contribution in [0.5, 0.6) is 0 Å². The maximum absolute atomic E-state index is 12.8. The van der Waals surface area contributed by atoms with Crippen molar-refractivity contribution in [3.8, 4) is 0 Å². The van der Waals surface area contributed by atoms with Gasteiger partial charge in [-0.05, 0) is 49.7 Å². The summed E-state index contributed by atoms with van der Waals surface area (Å²) in [5.41, 5.74) is 4.31. The van der Waals surface area contributed by atoms with E-state index in [-0.39, 0.29) is 5.91 Å². The molecule has 0 atom stereocenters. The molecule has 0 spiro atoms. The number of amides is 1. The fourth-order valence-corrected chi connectivity index (χ4v) is 3.64. The molecule has 1 amide bonds. The molecule has 2 aromatic rings. The first-order chi connectivity index (χ1) is 12.5. The summed E-state index contributed by atoms with van der Waals surface area (Å²) in [6.07, 6.45) is 1.66. The van der Waals surface area contributed by atoms with Crippen LogP contribution in [0, 0.1) is 13.8 Å². The first-order valence-electron chi connectivity index (χ1n) is 8.99. The third-order valence-electron chi connectivity index (χ3n) is 4.79. The third kappa shape index (κ3) is 4.17. The highest BCUT2D eigenvalue weighted by atomic mass is 35.5. The van der Waals surface area contributed by atoms with Gasteiger partial charge in [-0.1, -0.05) is 24.6 Å². The Hall–Kier alpha value is -2.11. The molecule has 26 heavy (non-hydrogen) atoms. The summed E-state index contributed by atoms with van der Waals surface area (Å²) in [7, 11) is 0. The number of nitrogens with one attached hydrogen (secondary N) is 1. The second-order valence-corrected chi connectivity index (χ2v) is 7.13. The number of rotatable bonds is 4. The monoisotopic (exact) mass is 372 g/mol. The Kier molecular flexibility index (Phi) is 5.79. The van der Waals surface area contributed by atoms with Crippen molar-refractivity contribution >= 4 is 28.9 Å². The smallest absolute Gasteiger partial charge is 0.272 e. The Morgan fingerprint density at radius 1 is 1.19 bits per heavy atom. The minimum Gasteiger partial charge on any atom is -0.354 e. The first-order valence-corrected chi connectivity index (χ1v) is 9.37. The van der Waals surface area contributed by atoms with Crippen molar-refractivity contribution in [3.63, 3.8) is 0 Å². The van der Waals surface area contributed by atoms with Crippen LogP contribution < -0.4 is 5.32 Å². The quantitative estimate of drug-likeness (QED) is 0.884. The van der Waals surface area contributed by atoms with Crippen molar-refractivity contribution in [2.45, 2.75) is 20.8 Å². The van der Waals surface area contributed by atoms with E-state index in [4.69, 9.17) is 11.6 Å². The number of aryl methyl sites for hydroxylation is 2. The first kappa shape index (κ1) is 18.7. The van der Waals surface area contributed by atoms with Crippen molar-refractivity contribution in [1.82, 2.24) is 14.8 Å². The number of piperazine rings is 1. The van der Waals surface area contributed by atoms with E-state index < -0.39 is 0 Å². The molecule has 2 heterocycles. The van der Waals surface area contributed by atoms with Gasteiger partial charge in [-0.2, -0.15) is 0 Å². The van der Waals surface area contributed by atoms with Crippen molar-refractivity contribution in [2.24, 2.45) is 0 Å². The van der Waals surface area contributed by atoms with Gasteiger partial charge in [-0.25, -0.2) is 0 Å². The zero-order valence-corrected chi connectivity index (χ0v) is 16.3. The fraction of sp³-hybridized carbons (Fsp3) is 0.400. The average molecular weight is 373 g/mol. The number of carbonyl (C=O) groups is 1. The number of pyridine rings is 1. The lowest BCUT2D eigenvalue weighted by atomic mass is 10.1. The SMILES string of the molecule is CCN1CCN(C(=O)c2cc(Nc3c(C)cc(C)cc3Cl)ccn2)CC1. The molecular weight excluding hydrogens is 348 g/mol. The summed E-state index contributed by atoms with van der Waals surface area (Å²) >= 11 is 6.38. The summed E-state index contributed by atoms with van der Waals surface area (Å²) in [5.74, 6) is -0.0175. The molecule has 0 aliphatic carbocycles. The molecule has 5 nitrogen and oxygen atoms in total. The molecule has 1 fully saturated rings. The van der Waals surface area contributed by atoms with E-state index in [2.05, 4.69) is 28.2 Å². The van der Waals surface area contributed by atoms with Crippen LogP contribution in [-0.2, 0) is 0 Å². The van der Waals surface area contributed by atoms with Gasteiger partial charge in [0, 0.05) is 38.1 Å². The number of aromatic nitrogens is 1. The van der Waals surface area contributed by atoms with E-state index in [0.717, 1.165) is 55.2 Å². The second kappa shape index (κ2) is 8.06. The van der Waals surface area contributed by atoms with Crippen LogP contribution in [0.25, 0.3) is 0 Å². The normalized spacial score (nSPS) is 15.2. The molecule has 138 valence electrons. The highest BCUT2D eigenvalue weighted by Gasteiger charge is 2.22. The molecule has 0 radical (unpaired) electrons. The van der Waals surface area contributed by atoms with Crippen LogP contribution in [0.4, 0.5) is 11.4 Å². The number of likely N-dealkylation sites (N-methyl/N-ethyl adjacent to an activating group) is 1. The second-order valence-electron chi connectivity index (χ2n) is 6.72. The topological polar surface area (TPSA) is 48.5 Å². The number of benzene rings is 1. The Morgan fingerprint density at radius 2 is 1.92 bits per heavy atom. The Labute approximate surface area is 160 Å². The highest BCUT2D eigenvalue weighted by molar-refractivity contribution is 6.33. The van der Waals surface area contributed by atoms with Gasteiger partial charge >= 0.3 is 0 Å². The van der Waals surface area contributed by atoms with Crippen LogP contribution in [0.3, 0.4) is 0 Å². The van der Waals surface area contributed by atoms with Crippen molar-refractivity contribution in [1.29, 1.82) is 0 Å². The third-order valence-corrected chi connectivity index (χ3v) is 5.08. The molecule has 3 rings (SSSR count). The van der Waals surface area contributed by atoms with E-state index in [1.54, 1.807) is 12.3 Å². The number of carbonyl (C=O) groups excluding carboxylic acids is 1. The molecule has 1 N–H and O–H groups in total. The lowest BCUT2D eigenvalue weighted by molar-refractivity contribution is 0.0637. The zero-order valence-electron chi connectivity index (χ0n) is 15.6. The van der Waals surface area contributed by atoms with Crippen LogP contribution in [0.15, 0.2) is 30.5 Å². The standard InChI is InChI=1S/C20H25ClN4O/c1-4-24-7-9-25(10-8-24)20(26)18-13-16(5-6-22-18)23-19-15(3)11-14(2)12-17(19)21/h5-6,11-13H,4,7-10H2,1-3H3,(H,22,23). The zero-order chi connectivity index (χ0) is 18.7.